The number of rotatable bonds is 2. The number of ether oxygens (including phenoxy) is 1. The van der Waals surface area contributed by atoms with Gasteiger partial charge in [-0.25, -0.2) is 4.79 Å². The molecule has 1 atom stereocenters. The van der Waals surface area contributed by atoms with Crippen LogP contribution in [0.4, 0.5) is 4.79 Å². The third kappa shape index (κ3) is 5.29. The minimum absolute atomic E-state index is 0. The zero-order valence-electron chi connectivity index (χ0n) is 8.92. The lowest BCUT2D eigenvalue weighted by atomic mass is 10.1. The molecule has 5 heteroatoms. The lowest BCUT2D eigenvalue weighted by molar-refractivity contribution is 0.0517. The molecule has 0 aromatic heterocycles. The van der Waals surface area contributed by atoms with Gasteiger partial charge in [0.05, 0.1) is 0 Å². The van der Waals surface area contributed by atoms with Crippen molar-refractivity contribution in [3.05, 3.63) is 0 Å². The zero-order chi connectivity index (χ0) is 9.90. The van der Waals surface area contributed by atoms with Gasteiger partial charge in [0.25, 0.3) is 0 Å². The van der Waals surface area contributed by atoms with Crippen LogP contribution in [0.2, 0.25) is 0 Å². The number of alkyl carbamates (subject to hydrolysis) is 1. The Morgan fingerprint density at radius 2 is 2.14 bits per heavy atom. The molecule has 1 saturated heterocycles. The summed E-state index contributed by atoms with van der Waals surface area (Å²) in [5.74, 6) is 0. The molecule has 1 aliphatic heterocycles. The van der Waals surface area contributed by atoms with Gasteiger partial charge in [-0.1, -0.05) is 0 Å². The predicted octanol–water partition coefficient (Wildman–Crippen LogP) is 1.29. The Morgan fingerprint density at radius 1 is 1.57 bits per heavy atom. The highest BCUT2D eigenvalue weighted by Crippen LogP contribution is 2.06. The van der Waals surface area contributed by atoms with Crippen LogP contribution in [-0.4, -0.2) is 30.8 Å². The van der Waals surface area contributed by atoms with Gasteiger partial charge in [-0.15, -0.1) is 12.4 Å². The normalized spacial score (nSPS) is 20.4. The van der Waals surface area contributed by atoms with Gasteiger partial charge >= 0.3 is 6.09 Å². The molecule has 1 heterocycles. The Balaban J connectivity index is 0.00000169. The fourth-order valence-electron chi connectivity index (χ4n) is 1.04. The highest BCUT2D eigenvalue weighted by Gasteiger charge is 2.19. The van der Waals surface area contributed by atoms with Crippen molar-refractivity contribution in [1.29, 1.82) is 0 Å². The van der Waals surface area contributed by atoms with Gasteiger partial charge in [0.1, 0.15) is 5.60 Å². The van der Waals surface area contributed by atoms with Crippen molar-refractivity contribution in [3.8, 4) is 0 Å². The third-order valence-electron chi connectivity index (χ3n) is 1.82. The third-order valence-corrected chi connectivity index (χ3v) is 1.82. The predicted molar refractivity (Wildman–Crippen MR) is 57.9 cm³/mol. The van der Waals surface area contributed by atoms with E-state index in [9.17, 15) is 4.79 Å². The monoisotopic (exact) mass is 222 g/mol. The van der Waals surface area contributed by atoms with E-state index >= 15 is 0 Å². The number of hydrogen-bond donors (Lipinski definition) is 2. The SMILES string of the molecule is CC(C)(C)OC(=O)NCC1CCN1.Cl. The summed E-state index contributed by atoms with van der Waals surface area (Å²) in [5.41, 5.74) is -0.406. The van der Waals surface area contributed by atoms with Crippen LogP contribution in [0.1, 0.15) is 27.2 Å². The van der Waals surface area contributed by atoms with Crippen molar-refractivity contribution >= 4 is 18.5 Å². The molecule has 0 saturated carbocycles. The van der Waals surface area contributed by atoms with Crippen molar-refractivity contribution < 1.29 is 9.53 Å². The largest absolute Gasteiger partial charge is 0.444 e. The molecule has 14 heavy (non-hydrogen) atoms. The van der Waals surface area contributed by atoms with Gasteiger partial charge < -0.3 is 15.4 Å². The van der Waals surface area contributed by atoms with Gasteiger partial charge in [-0.05, 0) is 33.7 Å². The standard InChI is InChI=1S/C9H18N2O2.ClH/c1-9(2,3)13-8(12)11-6-7-4-5-10-7;/h7,10H,4-6H2,1-3H3,(H,11,12);1H. The van der Waals surface area contributed by atoms with Crippen LogP contribution in [0.15, 0.2) is 0 Å². The number of amides is 1. The highest BCUT2D eigenvalue weighted by molar-refractivity contribution is 5.85. The Kier molecular flexibility index (Phi) is 5.23. The molecular formula is C9H19ClN2O2. The van der Waals surface area contributed by atoms with Crippen LogP contribution in [0.5, 0.6) is 0 Å². The molecule has 1 unspecified atom stereocenters. The van der Waals surface area contributed by atoms with Crippen LogP contribution >= 0.6 is 12.4 Å². The second kappa shape index (κ2) is 5.41. The topological polar surface area (TPSA) is 50.4 Å². The smallest absolute Gasteiger partial charge is 0.407 e. The number of carbonyl (C=O) groups is 1. The second-order valence-corrected chi connectivity index (χ2v) is 4.32. The number of hydrogen-bond acceptors (Lipinski definition) is 3. The summed E-state index contributed by atoms with van der Waals surface area (Å²) in [6, 6.07) is 0.438. The van der Waals surface area contributed by atoms with E-state index in [-0.39, 0.29) is 18.5 Å². The molecule has 0 spiro atoms. The van der Waals surface area contributed by atoms with E-state index < -0.39 is 5.60 Å². The molecule has 2 N–H and O–H groups in total. The van der Waals surface area contributed by atoms with E-state index in [0.29, 0.717) is 12.6 Å². The first-order chi connectivity index (χ1) is 5.97. The van der Waals surface area contributed by atoms with Crippen molar-refractivity contribution in [2.24, 2.45) is 0 Å². The maximum atomic E-state index is 11.1. The Labute approximate surface area is 91.2 Å². The van der Waals surface area contributed by atoms with Gasteiger partial charge in [-0.2, -0.15) is 0 Å². The van der Waals surface area contributed by atoms with Crippen LogP contribution < -0.4 is 10.6 Å². The first-order valence-corrected chi connectivity index (χ1v) is 4.67. The average Bonchev–Trinajstić information content (AvgIpc) is 1.78. The summed E-state index contributed by atoms with van der Waals surface area (Å²) < 4.78 is 5.08. The zero-order valence-corrected chi connectivity index (χ0v) is 9.74. The summed E-state index contributed by atoms with van der Waals surface area (Å²) >= 11 is 0. The summed E-state index contributed by atoms with van der Waals surface area (Å²) in [6.45, 7) is 7.28. The molecule has 0 aliphatic carbocycles. The van der Waals surface area contributed by atoms with E-state index in [0.717, 1.165) is 13.0 Å². The molecule has 4 nitrogen and oxygen atoms in total. The summed E-state index contributed by atoms with van der Waals surface area (Å²) in [5, 5.41) is 5.91. The average molecular weight is 223 g/mol. The molecule has 1 rings (SSSR count). The van der Waals surface area contributed by atoms with Crippen molar-refractivity contribution in [3.63, 3.8) is 0 Å². The van der Waals surface area contributed by atoms with E-state index in [2.05, 4.69) is 10.6 Å². The number of halogens is 1. The lowest BCUT2D eigenvalue weighted by Gasteiger charge is -2.28. The molecule has 0 aromatic carbocycles. The minimum Gasteiger partial charge on any atom is -0.444 e. The Morgan fingerprint density at radius 3 is 2.50 bits per heavy atom. The van der Waals surface area contributed by atoms with E-state index in [1.807, 2.05) is 20.8 Å². The molecule has 1 fully saturated rings. The Hall–Kier alpha value is -0.480. The fourth-order valence-corrected chi connectivity index (χ4v) is 1.04. The fraction of sp³-hybridized carbons (Fsp3) is 0.889. The maximum Gasteiger partial charge on any atom is 0.407 e. The van der Waals surface area contributed by atoms with E-state index in [4.69, 9.17) is 4.74 Å². The van der Waals surface area contributed by atoms with Crippen molar-refractivity contribution in [2.45, 2.75) is 38.8 Å². The van der Waals surface area contributed by atoms with Crippen LogP contribution in [0.25, 0.3) is 0 Å². The quantitative estimate of drug-likeness (QED) is 0.741. The Bertz CT molecular complexity index is 188. The molecule has 0 radical (unpaired) electrons. The van der Waals surface area contributed by atoms with Crippen LogP contribution in [0, 0.1) is 0 Å². The minimum atomic E-state index is -0.406. The lowest BCUT2D eigenvalue weighted by Crippen LogP contribution is -2.50. The first-order valence-electron chi connectivity index (χ1n) is 4.67. The van der Waals surface area contributed by atoms with E-state index in [1.54, 1.807) is 0 Å². The maximum absolute atomic E-state index is 11.1. The van der Waals surface area contributed by atoms with Crippen molar-refractivity contribution in [2.75, 3.05) is 13.1 Å². The molecule has 1 aliphatic rings. The first kappa shape index (κ1) is 13.5. The van der Waals surface area contributed by atoms with Crippen molar-refractivity contribution in [1.82, 2.24) is 10.6 Å². The number of carbonyl (C=O) groups excluding carboxylic acids is 1. The summed E-state index contributed by atoms with van der Waals surface area (Å²) in [7, 11) is 0. The molecule has 0 bridgehead atoms. The van der Waals surface area contributed by atoms with Gasteiger partial charge in [-0.3, -0.25) is 0 Å². The van der Waals surface area contributed by atoms with Gasteiger partial charge in [0, 0.05) is 12.6 Å². The molecule has 1 amide bonds. The number of nitrogens with one attached hydrogen (secondary N) is 2. The molecular weight excluding hydrogens is 204 g/mol. The van der Waals surface area contributed by atoms with Crippen LogP contribution in [-0.2, 0) is 4.74 Å². The molecule has 84 valence electrons. The van der Waals surface area contributed by atoms with Crippen LogP contribution in [0.3, 0.4) is 0 Å². The second-order valence-electron chi connectivity index (χ2n) is 4.32. The summed E-state index contributed by atoms with van der Waals surface area (Å²) in [4.78, 5) is 11.1. The molecule has 0 aromatic rings. The van der Waals surface area contributed by atoms with E-state index in [1.165, 1.54) is 0 Å². The summed E-state index contributed by atoms with van der Waals surface area (Å²) in [6.07, 6.45) is 0.802. The van der Waals surface area contributed by atoms with Gasteiger partial charge in [0.15, 0.2) is 0 Å². The highest BCUT2D eigenvalue weighted by atomic mass is 35.5. The van der Waals surface area contributed by atoms with Gasteiger partial charge in [0.2, 0.25) is 0 Å².